The average molecular weight is 293 g/mol. The number of methoxy groups -OCH3 is 1. The molecule has 1 aromatic rings. The van der Waals surface area contributed by atoms with Crippen molar-refractivity contribution in [3.8, 4) is 5.75 Å². The maximum absolute atomic E-state index is 12.3. The van der Waals surface area contributed by atoms with Gasteiger partial charge in [-0.15, -0.1) is 0 Å². The van der Waals surface area contributed by atoms with Crippen LogP contribution >= 0.6 is 0 Å². The van der Waals surface area contributed by atoms with Crippen LogP contribution in [0.1, 0.15) is 23.2 Å². The van der Waals surface area contributed by atoms with Crippen LogP contribution in [0.15, 0.2) is 24.3 Å². The van der Waals surface area contributed by atoms with E-state index >= 15 is 0 Å². The second-order valence-electron chi connectivity index (χ2n) is 4.97. The Morgan fingerprint density at radius 2 is 2.19 bits per heavy atom. The lowest BCUT2D eigenvalue weighted by Crippen LogP contribution is -2.48. The maximum atomic E-state index is 12.3. The minimum Gasteiger partial charge on any atom is -0.496 e. The molecule has 2 rings (SSSR count). The number of carbonyl (C=O) groups is 2. The Balaban J connectivity index is 2.12. The summed E-state index contributed by atoms with van der Waals surface area (Å²) in [7, 11) is 1.47. The molecule has 0 saturated carbocycles. The van der Waals surface area contributed by atoms with Crippen LogP contribution in [0.4, 0.5) is 0 Å². The van der Waals surface area contributed by atoms with Gasteiger partial charge in [-0.2, -0.15) is 0 Å². The van der Waals surface area contributed by atoms with Crippen molar-refractivity contribution in [2.45, 2.75) is 18.9 Å². The maximum Gasteiger partial charge on any atom is 0.326 e. The van der Waals surface area contributed by atoms with Gasteiger partial charge in [0.2, 0.25) is 0 Å². The van der Waals surface area contributed by atoms with E-state index in [1.54, 1.807) is 24.3 Å². The zero-order valence-corrected chi connectivity index (χ0v) is 11.9. The molecule has 0 bridgehead atoms. The largest absolute Gasteiger partial charge is 0.496 e. The Hall–Kier alpha value is -2.08. The van der Waals surface area contributed by atoms with E-state index in [2.05, 4.69) is 5.32 Å². The van der Waals surface area contributed by atoms with Crippen molar-refractivity contribution >= 4 is 11.9 Å². The second kappa shape index (κ2) is 7.08. The fraction of sp³-hybridized carbons (Fsp3) is 0.467. The van der Waals surface area contributed by atoms with Gasteiger partial charge in [0, 0.05) is 12.5 Å². The van der Waals surface area contributed by atoms with Crippen LogP contribution in [0.25, 0.3) is 0 Å². The van der Waals surface area contributed by atoms with E-state index in [0.717, 1.165) is 12.8 Å². The van der Waals surface area contributed by atoms with E-state index < -0.39 is 17.9 Å². The standard InChI is InChI=1S/C15H19NO5/c1-20-12-7-3-2-6-11(12)14(17)16-13(15(18)19)10-5-4-8-21-9-10/h2-3,6-7,10,13H,4-5,8-9H2,1H3,(H,16,17)(H,18,19). The first kappa shape index (κ1) is 15.3. The van der Waals surface area contributed by atoms with Gasteiger partial charge in [0.15, 0.2) is 0 Å². The highest BCUT2D eigenvalue weighted by Gasteiger charge is 2.32. The Kier molecular flexibility index (Phi) is 5.16. The summed E-state index contributed by atoms with van der Waals surface area (Å²) in [5.74, 6) is -1.30. The summed E-state index contributed by atoms with van der Waals surface area (Å²) in [6, 6.07) is 5.76. The van der Waals surface area contributed by atoms with E-state index in [4.69, 9.17) is 9.47 Å². The Labute approximate surface area is 123 Å². The van der Waals surface area contributed by atoms with E-state index in [-0.39, 0.29) is 5.92 Å². The predicted molar refractivity (Wildman–Crippen MR) is 75.4 cm³/mol. The van der Waals surface area contributed by atoms with Crippen molar-refractivity contribution in [2.75, 3.05) is 20.3 Å². The molecule has 1 aliphatic rings. The van der Waals surface area contributed by atoms with Crippen molar-refractivity contribution in [2.24, 2.45) is 5.92 Å². The van der Waals surface area contributed by atoms with Crippen LogP contribution in [0.3, 0.4) is 0 Å². The Morgan fingerprint density at radius 3 is 2.81 bits per heavy atom. The van der Waals surface area contributed by atoms with Crippen molar-refractivity contribution in [3.63, 3.8) is 0 Å². The quantitative estimate of drug-likeness (QED) is 0.855. The molecule has 0 aromatic heterocycles. The monoisotopic (exact) mass is 293 g/mol. The van der Waals surface area contributed by atoms with E-state index in [9.17, 15) is 14.7 Å². The lowest BCUT2D eigenvalue weighted by Gasteiger charge is -2.28. The number of para-hydroxylation sites is 1. The highest BCUT2D eigenvalue weighted by atomic mass is 16.5. The fourth-order valence-electron chi connectivity index (χ4n) is 2.46. The topological polar surface area (TPSA) is 84.9 Å². The lowest BCUT2D eigenvalue weighted by atomic mass is 9.93. The number of ether oxygens (including phenoxy) is 2. The molecule has 21 heavy (non-hydrogen) atoms. The molecule has 0 aliphatic carbocycles. The van der Waals surface area contributed by atoms with E-state index in [1.807, 2.05) is 0 Å². The minimum atomic E-state index is -1.05. The first-order chi connectivity index (χ1) is 10.1. The number of hydrogen-bond acceptors (Lipinski definition) is 4. The highest BCUT2D eigenvalue weighted by molar-refractivity contribution is 5.99. The SMILES string of the molecule is COc1ccccc1C(=O)NC(C(=O)O)C1CCCOC1. The molecule has 1 fully saturated rings. The summed E-state index contributed by atoms with van der Waals surface area (Å²) in [6.45, 7) is 0.993. The van der Waals surface area contributed by atoms with E-state index in [0.29, 0.717) is 24.5 Å². The minimum absolute atomic E-state index is 0.213. The number of rotatable bonds is 5. The summed E-state index contributed by atoms with van der Waals surface area (Å²) < 4.78 is 10.4. The number of amides is 1. The molecule has 1 amide bonds. The Bertz CT molecular complexity index is 511. The third kappa shape index (κ3) is 3.72. The molecule has 1 aromatic carbocycles. The molecule has 2 unspecified atom stereocenters. The highest BCUT2D eigenvalue weighted by Crippen LogP contribution is 2.20. The van der Waals surface area contributed by atoms with Gasteiger partial charge in [-0.3, -0.25) is 4.79 Å². The third-order valence-corrected chi connectivity index (χ3v) is 3.57. The van der Waals surface area contributed by atoms with Crippen LogP contribution < -0.4 is 10.1 Å². The van der Waals surface area contributed by atoms with Gasteiger partial charge >= 0.3 is 5.97 Å². The lowest BCUT2D eigenvalue weighted by molar-refractivity contribution is -0.142. The number of aliphatic carboxylic acids is 1. The first-order valence-electron chi connectivity index (χ1n) is 6.88. The molecule has 2 atom stereocenters. The molecule has 6 heteroatoms. The average Bonchev–Trinajstić information content (AvgIpc) is 2.52. The number of carboxylic acids is 1. The Morgan fingerprint density at radius 1 is 1.43 bits per heavy atom. The van der Waals surface area contributed by atoms with Crippen LogP contribution in [0, 0.1) is 5.92 Å². The number of carbonyl (C=O) groups excluding carboxylic acids is 1. The van der Waals surface area contributed by atoms with Crippen molar-refractivity contribution in [1.82, 2.24) is 5.32 Å². The van der Waals surface area contributed by atoms with Gasteiger partial charge in [-0.05, 0) is 25.0 Å². The van der Waals surface area contributed by atoms with Crippen LogP contribution in [0.2, 0.25) is 0 Å². The molecule has 1 saturated heterocycles. The van der Waals surface area contributed by atoms with Crippen molar-refractivity contribution in [1.29, 1.82) is 0 Å². The summed E-state index contributed by atoms with van der Waals surface area (Å²) >= 11 is 0. The fourth-order valence-corrected chi connectivity index (χ4v) is 2.46. The van der Waals surface area contributed by atoms with Crippen LogP contribution in [0.5, 0.6) is 5.75 Å². The molecule has 6 nitrogen and oxygen atoms in total. The molecular formula is C15H19NO5. The van der Waals surface area contributed by atoms with Crippen molar-refractivity contribution in [3.05, 3.63) is 29.8 Å². The molecule has 1 heterocycles. The number of carboxylic acid groups (broad SMARTS) is 1. The molecular weight excluding hydrogens is 274 g/mol. The molecule has 1 aliphatic heterocycles. The zero-order chi connectivity index (χ0) is 15.2. The third-order valence-electron chi connectivity index (χ3n) is 3.57. The first-order valence-corrected chi connectivity index (χ1v) is 6.88. The van der Waals surface area contributed by atoms with Crippen LogP contribution in [-0.4, -0.2) is 43.3 Å². The summed E-state index contributed by atoms with van der Waals surface area (Å²) in [6.07, 6.45) is 1.53. The van der Waals surface area contributed by atoms with Gasteiger partial charge in [-0.1, -0.05) is 12.1 Å². The molecule has 2 N–H and O–H groups in total. The molecule has 0 radical (unpaired) electrons. The summed E-state index contributed by atoms with van der Waals surface area (Å²) in [4.78, 5) is 23.7. The van der Waals surface area contributed by atoms with Crippen LogP contribution in [-0.2, 0) is 9.53 Å². The number of nitrogens with one attached hydrogen (secondary N) is 1. The van der Waals surface area contributed by atoms with Gasteiger partial charge in [0.05, 0.1) is 19.3 Å². The normalized spacial score (nSPS) is 19.6. The smallest absolute Gasteiger partial charge is 0.326 e. The second-order valence-corrected chi connectivity index (χ2v) is 4.97. The predicted octanol–water partition coefficient (Wildman–Crippen LogP) is 1.30. The van der Waals surface area contributed by atoms with Gasteiger partial charge in [0.1, 0.15) is 11.8 Å². The molecule has 0 spiro atoms. The number of benzene rings is 1. The van der Waals surface area contributed by atoms with E-state index in [1.165, 1.54) is 7.11 Å². The zero-order valence-electron chi connectivity index (χ0n) is 11.9. The summed E-state index contributed by atoms with van der Waals surface area (Å²) in [5, 5.41) is 11.9. The van der Waals surface area contributed by atoms with Gasteiger partial charge < -0.3 is 19.9 Å². The van der Waals surface area contributed by atoms with Crippen molar-refractivity contribution < 1.29 is 24.2 Å². The van der Waals surface area contributed by atoms with Gasteiger partial charge in [0.25, 0.3) is 5.91 Å². The molecule has 114 valence electrons. The number of hydrogen-bond donors (Lipinski definition) is 2. The summed E-state index contributed by atoms with van der Waals surface area (Å²) in [5.41, 5.74) is 0.322. The van der Waals surface area contributed by atoms with Gasteiger partial charge in [-0.25, -0.2) is 4.79 Å².